The number of nitrogens with zero attached hydrogens (tertiary/aromatic N) is 3. The molecule has 0 aliphatic rings. The van der Waals surface area contributed by atoms with Gasteiger partial charge in [-0.05, 0) is 42.7 Å². The van der Waals surface area contributed by atoms with Crippen LogP contribution in [0.25, 0.3) is 16.9 Å². The Bertz CT molecular complexity index is 1340. The third-order valence-electron chi connectivity index (χ3n) is 5.44. The maximum atomic E-state index is 13.5. The number of nitrogens with one attached hydrogen (secondary N) is 1. The van der Waals surface area contributed by atoms with E-state index in [1.165, 1.54) is 4.90 Å². The molecule has 178 valence electrons. The van der Waals surface area contributed by atoms with Crippen molar-refractivity contribution >= 4 is 29.3 Å². The third-order valence-corrected chi connectivity index (χ3v) is 6.23. The van der Waals surface area contributed by atoms with Crippen LogP contribution in [0.15, 0.2) is 90.0 Å². The molecule has 0 saturated heterocycles. The highest BCUT2D eigenvalue weighted by Gasteiger charge is 2.24. The first kappa shape index (κ1) is 24.1. The van der Waals surface area contributed by atoms with Crippen molar-refractivity contribution in [3.05, 3.63) is 90.6 Å². The number of hydrogen-bond donors (Lipinski definition) is 1. The van der Waals surface area contributed by atoms with E-state index in [-0.39, 0.29) is 18.4 Å². The standard InChI is InChI=1S/C27H26N4O3S/c1-30(18-25(32)28-22-14-8-10-16-24(22)35-3)27(33)21-17-31(19-11-5-4-6-12-19)29-26(21)20-13-7-9-15-23(20)34-2/h4-17H,18H2,1-3H3,(H,28,32). The molecule has 1 aromatic heterocycles. The summed E-state index contributed by atoms with van der Waals surface area (Å²) >= 11 is 1.55. The van der Waals surface area contributed by atoms with Crippen LogP contribution in [-0.4, -0.2) is 53.5 Å². The Morgan fingerprint density at radius 2 is 1.69 bits per heavy atom. The van der Waals surface area contributed by atoms with E-state index in [2.05, 4.69) is 5.32 Å². The summed E-state index contributed by atoms with van der Waals surface area (Å²) < 4.78 is 7.19. The molecule has 1 heterocycles. The van der Waals surface area contributed by atoms with Crippen LogP contribution < -0.4 is 10.1 Å². The van der Waals surface area contributed by atoms with Crippen LogP contribution in [0.4, 0.5) is 5.69 Å². The van der Waals surface area contributed by atoms with Gasteiger partial charge >= 0.3 is 0 Å². The fourth-order valence-electron chi connectivity index (χ4n) is 3.71. The number of likely N-dealkylation sites (N-methyl/N-ethyl adjacent to an activating group) is 1. The molecule has 35 heavy (non-hydrogen) atoms. The quantitative estimate of drug-likeness (QED) is 0.356. The van der Waals surface area contributed by atoms with Crippen molar-refractivity contribution in [3.63, 3.8) is 0 Å². The number of carbonyl (C=O) groups is 2. The van der Waals surface area contributed by atoms with Gasteiger partial charge in [0.15, 0.2) is 0 Å². The number of carbonyl (C=O) groups excluding carboxylic acids is 2. The number of hydrogen-bond acceptors (Lipinski definition) is 5. The lowest BCUT2D eigenvalue weighted by Crippen LogP contribution is -2.35. The summed E-state index contributed by atoms with van der Waals surface area (Å²) in [6, 6.07) is 24.5. The molecule has 0 atom stereocenters. The second-order valence-electron chi connectivity index (χ2n) is 7.78. The van der Waals surface area contributed by atoms with Gasteiger partial charge in [-0.1, -0.05) is 42.5 Å². The predicted molar refractivity (Wildman–Crippen MR) is 139 cm³/mol. The van der Waals surface area contributed by atoms with Crippen LogP contribution in [0, 0.1) is 0 Å². The SMILES string of the molecule is COc1ccccc1-c1nn(-c2ccccc2)cc1C(=O)N(C)CC(=O)Nc1ccccc1SC. The third kappa shape index (κ3) is 5.38. The first-order valence-electron chi connectivity index (χ1n) is 11.0. The van der Waals surface area contributed by atoms with Gasteiger partial charge in [0.05, 0.1) is 30.6 Å². The van der Waals surface area contributed by atoms with E-state index in [4.69, 9.17) is 9.84 Å². The lowest BCUT2D eigenvalue weighted by Gasteiger charge is -2.18. The number of thioether (sulfide) groups is 1. The molecular formula is C27H26N4O3S. The average Bonchev–Trinajstić information content (AvgIpc) is 3.34. The highest BCUT2D eigenvalue weighted by atomic mass is 32.2. The summed E-state index contributed by atoms with van der Waals surface area (Å²) in [7, 11) is 3.19. The fourth-order valence-corrected chi connectivity index (χ4v) is 4.27. The minimum Gasteiger partial charge on any atom is -0.496 e. The monoisotopic (exact) mass is 486 g/mol. The van der Waals surface area contributed by atoms with Crippen molar-refractivity contribution < 1.29 is 14.3 Å². The number of benzene rings is 3. The maximum Gasteiger partial charge on any atom is 0.257 e. The van der Waals surface area contributed by atoms with E-state index in [1.54, 1.807) is 36.8 Å². The van der Waals surface area contributed by atoms with Gasteiger partial charge in [-0.25, -0.2) is 4.68 Å². The van der Waals surface area contributed by atoms with Gasteiger partial charge in [0.1, 0.15) is 11.4 Å². The van der Waals surface area contributed by atoms with Crippen LogP contribution >= 0.6 is 11.8 Å². The van der Waals surface area contributed by atoms with Gasteiger partial charge in [0, 0.05) is 23.7 Å². The minimum absolute atomic E-state index is 0.108. The Morgan fingerprint density at radius 3 is 2.43 bits per heavy atom. The molecule has 0 aliphatic carbocycles. The Morgan fingerprint density at radius 1 is 1.00 bits per heavy atom. The summed E-state index contributed by atoms with van der Waals surface area (Å²) in [5.41, 5.74) is 3.09. The van der Waals surface area contributed by atoms with E-state index >= 15 is 0 Å². The second kappa shape index (κ2) is 10.9. The largest absolute Gasteiger partial charge is 0.496 e. The average molecular weight is 487 g/mol. The molecule has 1 N–H and O–H groups in total. The molecule has 0 spiro atoms. The molecular weight excluding hydrogens is 460 g/mol. The molecule has 0 fully saturated rings. The van der Waals surface area contributed by atoms with Gasteiger partial charge in [0.25, 0.3) is 5.91 Å². The van der Waals surface area contributed by atoms with Crippen LogP contribution in [-0.2, 0) is 4.79 Å². The molecule has 8 heteroatoms. The Balaban J connectivity index is 1.64. The van der Waals surface area contributed by atoms with Crippen molar-refractivity contribution in [2.24, 2.45) is 0 Å². The van der Waals surface area contributed by atoms with E-state index in [9.17, 15) is 9.59 Å². The number of rotatable bonds is 8. The van der Waals surface area contributed by atoms with Gasteiger partial charge in [0.2, 0.25) is 5.91 Å². The highest BCUT2D eigenvalue weighted by molar-refractivity contribution is 7.98. The molecule has 0 radical (unpaired) electrons. The summed E-state index contributed by atoms with van der Waals surface area (Å²) in [5, 5.41) is 7.62. The Kier molecular flexibility index (Phi) is 7.52. The maximum absolute atomic E-state index is 13.5. The zero-order valence-electron chi connectivity index (χ0n) is 19.8. The van der Waals surface area contributed by atoms with Crippen molar-refractivity contribution in [1.82, 2.24) is 14.7 Å². The summed E-state index contributed by atoms with van der Waals surface area (Å²) in [5.74, 6) is 0.00645. The van der Waals surface area contributed by atoms with Gasteiger partial charge in [-0.15, -0.1) is 11.8 Å². The molecule has 4 aromatic rings. The number of ether oxygens (including phenoxy) is 1. The molecule has 2 amide bonds. The van der Waals surface area contributed by atoms with E-state index < -0.39 is 0 Å². The lowest BCUT2D eigenvalue weighted by atomic mass is 10.1. The summed E-state index contributed by atoms with van der Waals surface area (Å²) in [6.07, 6.45) is 3.64. The van der Waals surface area contributed by atoms with Crippen molar-refractivity contribution in [3.8, 4) is 22.7 Å². The van der Waals surface area contributed by atoms with E-state index in [1.807, 2.05) is 85.1 Å². The van der Waals surface area contributed by atoms with Gasteiger partial charge < -0.3 is 15.0 Å². The number of methoxy groups -OCH3 is 1. The van der Waals surface area contributed by atoms with Gasteiger partial charge in [-0.2, -0.15) is 5.10 Å². The first-order chi connectivity index (χ1) is 17.0. The van der Waals surface area contributed by atoms with Crippen LogP contribution in [0.1, 0.15) is 10.4 Å². The zero-order chi connectivity index (χ0) is 24.8. The number of anilines is 1. The minimum atomic E-state index is -0.318. The van der Waals surface area contributed by atoms with E-state index in [0.717, 1.165) is 16.3 Å². The Labute approximate surface area is 208 Å². The first-order valence-corrected chi connectivity index (χ1v) is 12.2. The second-order valence-corrected chi connectivity index (χ2v) is 8.63. The van der Waals surface area contributed by atoms with Crippen LogP contribution in [0.2, 0.25) is 0 Å². The van der Waals surface area contributed by atoms with Crippen LogP contribution in [0.3, 0.4) is 0 Å². The van der Waals surface area contributed by atoms with Crippen molar-refractivity contribution in [1.29, 1.82) is 0 Å². The molecule has 4 rings (SSSR count). The summed E-state index contributed by atoms with van der Waals surface area (Å²) in [6.45, 7) is -0.108. The summed E-state index contributed by atoms with van der Waals surface area (Å²) in [4.78, 5) is 28.6. The normalized spacial score (nSPS) is 10.6. The molecule has 7 nitrogen and oxygen atoms in total. The molecule has 0 unspecified atom stereocenters. The van der Waals surface area contributed by atoms with Crippen molar-refractivity contribution in [2.45, 2.75) is 4.90 Å². The number of amides is 2. The van der Waals surface area contributed by atoms with Crippen molar-refractivity contribution in [2.75, 3.05) is 32.3 Å². The molecule has 0 aliphatic heterocycles. The smallest absolute Gasteiger partial charge is 0.257 e. The molecule has 3 aromatic carbocycles. The molecule has 0 bridgehead atoms. The molecule has 0 saturated carbocycles. The van der Waals surface area contributed by atoms with Crippen LogP contribution in [0.5, 0.6) is 5.75 Å². The van der Waals surface area contributed by atoms with Gasteiger partial charge in [-0.3, -0.25) is 9.59 Å². The predicted octanol–water partition coefficient (Wildman–Crippen LogP) is 4.98. The fraction of sp³-hybridized carbons (Fsp3) is 0.148. The van der Waals surface area contributed by atoms with E-state index in [0.29, 0.717) is 22.6 Å². The topological polar surface area (TPSA) is 76.5 Å². The Hall–Kier alpha value is -4.04. The number of aromatic nitrogens is 2. The highest BCUT2D eigenvalue weighted by Crippen LogP contribution is 2.32. The number of para-hydroxylation sites is 3. The lowest BCUT2D eigenvalue weighted by molar-refractivity contribution is -0.116. The zero-order valence-corrected chi connectivity index (χ0v) is 20.6.